The average Bonchev–Trinajstić information content (AvgIpc) is 2.39. The van der Waals surface area contributed by atoms with Gasteiger partial charge in [0.1, 0.15) is 11.0 Å². The SMILES string of the molecule is NNC(Cc1ccc(Br)cc1F)c1ccc(Cl)nc1. The Morgan fingerprint density at radius 3 is 2.74 bits per heavy atom. The first kappa shape index (κ1) is 14.4. The summed E-state index contributed by atoms with van der Waals surface area (Å²) in [6.45, 7) is 0. The predicted molar refractivity (Wildman–Crippen MR) is 77.1 cm³/mol. The molecule has 6 heteroatoms. The lowest BCUT2D eigenvalue weighted by Gasteiger charge is -2.16. The average molecular weight is 345 g/mol. The number of pyridine rings is 1. The van der Waals surface area contributed by atoms with E-state index in [1.165, 1.54) is 6.07 Å². The molecule has 0 spiro atoms. The monoisotopic (exact) mass is 343 g/mol. The Balaban J connectivity index is 2.21. The molecule has 100 valence electrons. The minimum Gasteiger partial charge on any atom is -0.271 e. The van der Waals surface area contributed by atoms with Gasteiger partial charge in [-0.1, -0.05) is 39.7 Å². The molecule has 0 aliphatic heterocycles. The summed E-state index contributed by atoms with van der Waals surface area (Å²) in [6.07, 6.45) is 2.06. The van der Waals surface area contributed by atoms with Crippen LogP contribution in [0.1, 0.15) is 17.2 Å². The maximum Gasteiger partial charge on any atom is 0.129 e. The molecule has 2 rings (SSSR count). The zero-order valence-corrected chi connectivity index (χ0v) is 12.2. The molecule has 0 saturated heterocycles. The third kappa shape index (κ3) is 3.73. The van der Waals surface area contributed by atoms with Crippen molar-refractivity contribution in [2.75, 3.05) is 0 Å². The second-order valence-electron chi connectivity index (χ2n) is 4.07. The number of aromatic nitrogens is 1. The molecule has 0 fully saturated rings. The molecule has 1 aromatic heterocycles. The Hall–Kier alpha value is -1.01. The van der Waals surface area contributed by atoms with Gasteiger partial charge in [0.2, 0.25) is 0 Å². The fraction of sp³-hybridized carbons (Fsp3) is 0.154. The van der Waals surface area contributed by atoms with E-state index in [0.29, 0.717) is 21.6 Å². The summed E-state index contributed by atoms with van der Waals surface area (Å²) in [5.74, 6) is 5.26. The second-order valence-corrected chi connectivity index (χ2v) is 5.38. The maximum absolute atomic E-state index is 13.8. The van der Waals surface area contributed by atoms with Crippen LogP contribution in [0.15, 0.2) is 41.0 Å². The molecule has 0 bridgehead atoms. The first-order valence-corrected chi connectivity index (χ1v) is 6.78. The van der Waals surface area contributed by atoms with Crippen LogP contribution in [-0.4, -0.2) is 4.98 Å². The van der Waals surface area contributed by atoms with Crippen molar-refractivity contribution < 1.29 is 4.39 Å². The highest BCUT2D eigenvalue weighted by molar-refractivity contribution is 9.10. The van der Waals surface area contributed by atoms with Crippen LogP contribution >= 0.6 is 27.5 Å². The van der Waals surface area contributed by atoms with E-state index in [1.807, 2.05) is 6.07 Å². The van der Waals surface area contributed by atoms with Crippen molar-refractivity contribution in [2.45, 2.75) is 12.5 Å². The largest absolute Gasteiger partial charge is 0.271 e. The van der Waals surface area contributed by atoms with Crippen LogP contribution in [0.3, 0.4) is 0 Å². The maximum atomic E-state index is 13.8. The Bertz CT molecular complexity index is 562. The molecule has 0 amide bonds. The van der Waals surface area contributed by atoms with Crippen LogP contribution in [0.5, 0.6) is 0 Å². The highest BCUT2D eigenvalue weighted by Crippen LogP contribution is 2.22. The normalized spacial score (nSPS) is 12.4. The predicted octanol–water partition coefficient (Wildman–Crippen LogP) is 3.38. The number of nitrogens with two attached hydrogens (primary N) is 1. The van der Waals surface area contributed by atoms with Gasteiger partial charge in [0, 0.05) is 10.7 Å². The third-order valence-corrected chi connectivity index (χ3v) is 3.51. The molecule has 1 heterocycles. The number of rotatable bonds is 4. The van der Waals surface area contributed by atoms with Gasteiger partial charge in [-0.3, -0.25) is 11.3 Å². The van der Waals surface area contributed by atoms with Crippen molar-refractivity contribution in [2.24, 2.45) is 5.84 Å². The number of benzene rings is 1. The molecule has 1 unspecified atom stereocenters. The van der Waals surface area contributed by atoms with Crippen LogP contribution in [-0.2, 0) is 6.42 Å². The Morgan fingerprint density at radius 1 is 1.37 bits per heavy atom. The molecule has 3 N–H and O–H groups in total. The molecular weight excluding hydrogens is 333 g/mol. The molecule has 1 aromatic carbocycles. The molecule has 3 nitrogen and oxygen atoms in total. The van der Waals surface area contributed by atoms with Gasteiger partial charge in [-0.15, -0.1) is 0 Å². The molecule has 0 aliphatic carbocycles. The molecule has 0 aliphatic rings. The first-order valence-electron chi connectivity index (χ1n) is 5.61. The van der Waals surface area contributed by atoms with Gasteiger partial charge in [0.25, 0.3) is 0 Å². The summed E-state index contributed by atoms with van der Waals surface area (Å²) in [6, 6.07) is 8.23. The van der Waals surface area contributed by atoms with Crippen LogP contribution in [0.2, 0.25) is 5.15 Å². The standard InChI is InChI=1S/C13H12BrClFN3/c14-10-3-1-8(11(16)6-10)5-12(19-17)9-2-4-13(15)18-7-9/h1-4,6-7,12,19H,5,17H2. The summed E-state index contributed by atoms with van der Waals surface area (Å²) in [5.41, 5.74) is 4.11. The second kappa shape index (κ2) is 6.43. The van der Waals surface area contributed by atoms with Crippen molar-refractivity contribution in [3.05, 3.63) is 63.1 Å². The number of hydrazine groups is 1. The van der Waals surface area contributed by atoms with E-state index in [9.17, 15) is 4.39 Å². The third-order valence-electron chi connectivity index (χ3n) is 2.79. The van der Waals surface area contributed by atoms with Crippen LogP contribution in [0.25, 0.3) is 0 Å². The van der Waals surface area contributed by atoms with Gasteiger partial charge in [-0.05, 0) is 35.7 Å². The van der Waals surface area contributed by atoms with E-state index >= 15 is 0 Å². The molecule has 1 atom stereocenters. The van der Waals surface area contributed by atoms with E-state index in [0.717, 1.165) is 5.56 Å². The topological polar surface area (TPSA) is 50.9 Å². The van der Waals surface area contributed by atoms with Gasteiger partial charge in [-0.2, -0.15) is 0 Å². The molecule has 0 saturated carbocycles. The van der Waals surface area contributed by atoms with Gasteiger partial charge >= 0.3 is 0 Å². The number of nitrogens with one attached hydrogen (secondary N) is 1. The molecular formula is C13H12BrClFN3. The number of hydrogen-bond acceptors (Lipinski definition) is 3. The molecule has 19 heavy (non-hydrogen) atoms. The van der Waals surface area contributed by atoms with Crippen LogP contribution in [0, 0.1) is 5.82 Å². The quantitative estimate of drug-likeness (QED) is 0.508. The summed E-state index contributed by atoms with van der Waals surface area (Å²) in [7, 11) is 0. The van der Waals surface area contributed by atoms with E-state index < -0.39 is 0 Å². The van der Waals surface area contributed by atoms with E-state index in [-0.39, 0.29) is 11.9 Å². The Labute approximate surface area is 124 Å². The minimum atomic E-state index is -0.267. The molecule has 0 radical (unpaired) electrons. The lowest BCUT2D eigenvalue weighted by atomic mass is 10.0. The molecule has 2 aromatic rings. The fourth-order valence-electron chi connectivity index (χ4n) is 1.77. The number of halogens is 3. The number of hydrogen-bond donors (Lipinski definition) is 2. The van der Waals surface area contributed by atoms with Gasteiger partial charge in [-0.25, -0.2) is 9.37 Å². The van der Waals surface area contributed by atoms with Crippen molar-refractivity contribution >= 4 is 27.5 Å². The summed E-state index contributed by atoms with van der Waals surface area (Å²) < 4.78 is 14.5. The first-order chi connectivity index (χ1) is 9.10. The summed E-state index contributed by atoms with van der Waals surface area (Å²) >= 11 is 8.96. The fourth-order valence-corrected chi connectivity index (χ4v) is 2.22. The zero-order valence-electron chi connectivity index (χ0n) is 9.91. The smallest absolute Gasteiger partial charge is 0.129 e. The summed E-state index contributed by atoms with van der Waals surface area (Å²) in [4.78, 5) is 3.99. The van der Waals surface area contributed by atoms with Gasteiger partial charge in [0.05, 0.1) is 6.04 Å². The highest BCUT2D eigenvalue weighted by atomic mass is 79.9. The van der Waals surface area contributed by atoms with Crippen LogP contribution < -0.4 is 11.3 Å². The van der Waals surface area contributed by atoms with Crippen molar-refractivity contribution in [1.82, 2.24) is 10.4 Å². The Morgan fingerprint density at radius 2 is 2.16 bits per heavy atom. The van der Waals surface area contributed by atoms with E-state index in [1.54, 1.807) is 24.4 Å². The lowest BCUT2D eigenvalue weighted by molar-refractivity contribution is 0.527. The van der Waals surface area contributed by atoms with Crippen molar-refractivity contribution in [3.8, 4) is 0 Å². The van der Waals surface area contributed by atoms with Crippen LogP contribution in [0.4, 0.5) is 4.39 Å². The van der Waals surface area contributed by atoms with Gasteiger partial charge in [0.15, 0.2) is 0 Å². The summed E-state index contributed by atoms with van der Waals surface area (Å²) in [5, 5.41) is 0.411. The van der Waals surface area contributed by atoms with E-state index in [2.05, 4.69) is 26.3 Å². The van der Waals surface area contributed by atoms with E-state index in [4.69, 9.17) is 17.4 Å². The van der Waals surface area contributed by atoms with Crippen molar-refractivity contribution in [3.63, 3.8) is 0 Å². The van der Waals surface area contributed by atoms with Crippen molar-refractivity contribution in [1.29, 1.82) is 0 Å². The lowest BCUT2D eigenvalue weighted by Crippen LogP contribution is -2.29. The Kier molecular flexibility index (Phi) is 4.87. The zero-order chi connectivity index (χ0) is 13.8. The highest BCUT2D eigenvalue weighted by Gasteiger charge is 2.13. The van der Waals surface area contributed by atoms with Gasteiger partial charge < -0.3 is 0 Å². The number of nitrogens with zero attached hydrogens (tertiary/aromatic N) is 1. The minimum absolute atomic E-state index is 0.222.